The molecule has 0 atom stereocenters. The standard InChI is InChI=1S/C84H136N2O12Si6/c1-19-99(20-2,21-3)93-59-53-87-79-67-75(81(89-55-61-95-101(25-7,26-8)27-9)65-73(79)39-37-71-45-49-85-50-46-71)41-43-77-69-84(92-58-64-98-104(34-16,35-17)36-18)78(70-83(77)91-57-63-97-103(31-13,32-14)33-15)44-42-76-68-80(88-54-60-94-100(22-4,23-5)24-6)74(40-38-72-47-51-86-52-48-72)66-82(76)90-56-62-96-102(28-10,29-11)30-12/h37-52,65-70H,19-36,53-64H2,1-18H3/b39-37+,40-38+,43-41+,44-42+. The maximum Gasteiger partial charge on any atom is 0.192 e. The molecule has 0 aliphatic rings. The molecule has 104 heavy (non-hydrogen) atoms. The van der Waals surface area contributed by atoms with E-state index in [0.717, 1.165) is 153 Å². The molecule has 5 rings (SSSR count). The fraction of sp³-hybridized carbons (Fsp3) is 0.571. The topological polar surface area (TPSA) is 137 Å². The summed E-state index contributed by atoms with van der Waals surface area (Å²) in [6.07, 6.45) is 24.1. The molecule has 0 aliphatic carbocycles. The van der Waals surface area contributed by atoms with Crippen molar-refractivity contribution in [2.45, 2.75) is 233 Å². The van der Waals surface area contributed by atoms with E-state index >= 15 is 0 Å². The van der Waals surface area contributed by atoms with E-state index in [2.05, 4.69) is 220 Å². The first kappa shape index (κ1) is 89.4. The number of aromatic nitrogens is 2. The van der Waals surface area contributed by atoms with Gasteiger partial charge in [0, 0.05) is 58.2 Å². The molecule has 0 fully saturated rings. The van der Waals surface area contributed by atoms with Crippen LogP contribution in [0.25, 0.3) is 48.6 Å². The molecule has 14 nitrogen and oxygen atoms in total. The summed E-state index contributed by atoms with van der Waals surface area (Å²) in [4.78, 5) is 8.57. The van der Waals surface area contributed by atoms with E-state index < -0.39 is 49.9 Å². The number of hydrogen-bond acceptors (Lipinski definition) is 14. The number of hydrogen-bond donors (Lipinski definition) is 0. The van der Waals surface area contributed by atoms with Gasteiger partial charge in [-0.15, -0.1) is 0 Å². The molecule has 0 N–H and O–H groups in total. The lowest BCUT2D eigenvalue weighted by Crippen LogP contribution is -2.37. The van der Waals surface area contributed by atoms with Crippen molar-refractivity contribution in [1.29, 1.82) is 0 Å². The quantitative estimate of drug-likeness (QED) is 0.0207. The summed E-state index contributed by atoms with van der Waals surface area (Å²) in [7, 11) is -11.5. The minimum absolute atomic E-state index is 0.351. The number of pyridine rings is 2. The van der Waals surface area contributed by atoms with Crippen LogP contribution < -0.4 is 28.4 Å². The van der Waals surface area contributed by atoms with Crippen molar-refractivity contribution < 1.29 is 55.0 Å². The number of ether oxygens (including phenoxy) is 6. The third-order valence-electron chi connectivity index (χ3n) is 22.7. The fourth-order valence-corrected chi connectivity index (χ4v) is 29.6. The summed E-state index contributed by atoms with van der Waals surface area (Å²) < 4.78 is 82.4. The Bertz CT molecular complexity index is 3060. The number of rotatable bonds is 56. The highest BCUT2D eigenvalue weighted by molar-refractivity contribution is 6.75. The summed E-state index contributed by atoms with van der Waals surface area (Å²) in [5.74, 6) is 4.18. The molecule has 0 saturated carbocycles. The molecule has 2 heterocycles. The molecule has 0 aliphatic heterocycles. The zero-order chi connectivity index (χ0) is 75.8. The lowest BCUT2D eigenvalue weighted by atomic mass is 10.0. The van der Waals surface area contributed by atoms with Crippen LogP contribution in [0.4, 0.5) is 0 Å². The molecule has 0 bridgehead atoms. The van der Waals surface area contributed by atoms with Crippen molar-refractivity contribution in [3.8, 4) is 34.5 Å². The van der Waals surface area contributed by atoms with Crippen molar-refractivity contribution in [1.82, 2.24) is 9.97 Å². The van der Waals surface area contributed by atoms with Crippen molar-refractivity contribution >= 4 is 98.5 Å². The van der Waals surface area contributed by atoms with E-state index in [9.17, 15) is 0 Å². The zero-order valence-electron chi connectivity index (χ0n) is 67.7. The van der Waals surface area contributed by atoms with E-state index in [4.69, 9.17) is 55.0 Å². The molecule has 0 radical (unpaired) electrons. The van der Waals surface area contributed by atoms with Crippen molar-refractivity contribution in [3.63, 3.8) is 0 Å². The second-order valence-electron chi connectivity index (χ2n) is 27.3. The van der Waals surface area contributed by atoms with Crippen molar-refractivity contribution in [2.24, 2.45) is 0 Å². The van der Waals surface area contributed by atoms with E-state index in [1.807, 2.05) is 49.1 Å². The predicted octanol–water partition coefficient (Wildman–Crippen LogP) is 23.6. The number of nitrogens with zero attached hydrogens (tertiary/aromatic N) is 2. The van der Waals surface area contributed by atoms with Gasteiger partial charge in [-0.2, -0.15) is 0 Å². The molecule has 578 valence electrons. The SMILES string of the molecule is CC[Si](CC)(CC)OCCOc1cc(/C=C/c2cc(OCCO[Si](CC)(CC)CC)c(/C=C/c3cc(OCCO[Si](CC)(CC)CC)c(/C=C/c4ccncc4)cc3OCCO[Si](CC)(CC)CC)cc2OCCO[Si](CC)(CC)CC)c(OCCO[Si](CC)(CC)CC)cc1/C=C/c1ccncc1. The van der Waals surface area contributed by atoms with Crippen LogP contribution in [-0.4, -0.2) is 139 Å². The maximum atomic E-state index is 7.04. The highest BCUT2D eigenvalue weighted by Gasteiger charge is 2.33. The van der Waals surface area contributed by atoms with Crippen LogP contribution in [-0.2, 0) is 26.6 Å². The second-order valence-corrected chi connectivity index (χ2v) is 56.0. The smallest absolute Gasteiger partial charge is 0.192 e. The monoisotopic (exact) mass is 1530 g/mol. The Morgan fingerprint density at radius 2 is 0.356 bits per heavy atom. The molecular formula is C84H136N2O12Si6. The molecule has 3 aromatic carbocycles. The third kappa shape index (κ3) is 27.2. The Balaban J connectivity index is 1.80. The van der Waals surface area contributed by atoms with Crippen molar-refractivity contribution in [2.75, 3.05) is 79.3 Å². The number of benzene rings is 3. The van der Waals surface area contributed by atoms with Crippen LogP contribution in [0.15, 0.2) is 85.5 Å². The van der Waals surface area contributed by atoms with Crippen LogP contribution in [0.1, 0.15) is 169 Å². The first-order valence-electron chi connectivity index (χ1n) is 40.1. The molecule has 2 aromatic heterocycles. The van der Waals surface area contributed by atoms with Crippen molar-refractivity contribution in [3.05, 3.63) is 130 Å². The molecule has 0 spiro atoms. The van der Waals surface area contributed by atoms with E-state index in [1.54, 1.807) is 0 Å². The Labute approximate surface area is 636 Å². The normalized spacial score (nSPS) is 12.8. The van der Waals surface area contributed by atoms with Crippen LogP contribution in [0.2, 0.25) is 109 Å². The van der Waals surface area contributed by atoms with Crippen LogP contribution in [0.3, 0.4) is 0 Å². The van der Waals surface area contributed by atoms with Gasteiger partial charge in [-0.1, -0.05) is 173 Å². The van der Waals surface area contributed by atoms with Gasteiger partial charge in [0.25, 0.3) is 0 Å². The van der Waals surface area contributed by atoms with Gasteiger partial charge < -0.3 is 55.0 Å². The summed E-state index contributed by atoms with van der Waals surface area (Å²) in [6.45, 7) is 46.0. The van der Waals surface area contributed by atoms with Crippen LogP contribution in [0.5, 0.6) is 34.5 Å². The average molecular weight is 1530 g/mol. The van der Waals surface area contributed by atoms with E-state index in [0.29, 0.717) is 114 Å². The minimum Gasteiger partial charge on any atom is -0.491 e. The maximum absolute atomic E-state index is 7.04. The lowest BCUT2D eigenvalue weighted by Gasteiger charge is -2.28. The van der Waals surface area contributed by atoms with Gasteiger partial charge in [0.1, 0.15) is 74.1 Å². The Morgan fingerprint density at radius 3 is 0.500 bits per heavy atom. The highest BCUT2D eigenvalue weighted by Crippen LogP contribution is 2.39. The lowest BCUT2D eigenvalue weighted by molar-refractivity contribution is 0.203. The molecule has 0 amide bonds. The molecule has 0 unspecified atom stereocenters. The molecule has 0 saturated heterocycles. The Morgan fingerprint density at radius 1 is 0.212 bits per heavy atom. The summed E-state index contributed by atoms with van der Waals surface area (Å²) in [5.41, 5.74) is 7.11. The molecular weight excluding hydrogens is 1400 g/mol. The zero-order valence-corrected chi connectivity index (χ0v) is 73.7. The van der Waals surface area contributed by atoms with Gasteiger partial charge in [-0.25, -0.2) is 0 Å². The first-order valence-corrected chi connectivity index (χ1v) is 55.3. The largest absolute Gasteiger partial charge is 0.491 e. The Hall–Kier alpha value is -5.22. The van der Waals surface area contributed by atoms with Gasteiger partial charge in [0.15, 0.2) is 49.9 Å². The predicted molar refractivity (Wildman–Crippen MR) is 455 cm³/mol. The van der Waals surface area contributed by atoms with Gasteiger partial charge in [0.05, 0.1) is 39.6 Å². The van der Waals surface area contributed by atoms with E-state index in [-0.39, 0.29) is 0 Å². The van der Waals surface area contributed by atoms with Crippen LogP contribution in [0, 0.1) is 0 Å². The Kier molecular flexibility index (Phi) is 40.9. The average Bonchev–Trinajstić information content (AvgIpc) is 0.814. The molecule has 20 heteroatoms. The fourth-order valence-electron chi connectivity index (χ4n) is 13.8. The third-order valence-corrected chi connectivity index (χ3v) is 50.8. The van der Waals surface area contributed by atoms with E-state index in [1.165, 1.54) is 0 Å². The van der Waals surface area contributed by atoms with Crippen LogP contribution >= 0.6 is 0 Å². The second kappa shape index (κ2) is 47.6. The van der Waals surface area contributed by atoms with Gasteiger partial charge in [-0.05, 0) is 181 Å². The van der Waals surface area contributed by atoms with Gasteiger partial charge >= 0.3 is 0 Å². The summed E-state index contributed by atoms with van der Waals surface area (Å²) >= 11 is 0. The highest BCUT2D eigenvalue weighted by atomic mass is 28.4. The van der Waals surface area contributed by atoms with Gasteiger partial charge in [-0.3, -0.25) is 9.97 Å². The van der Waals surface area contributed by atoms with Gasteiger partial charge in [0.2, 0.25) is 0 Å². The summed E-state index contributed by atoms with van der Waals surface area (Å²) in [5, 5.41) is 0. The first-order chi connectivity index (χ1) is 50.5. The minimum atomic E-state index is -1.95. The summed E-state index contributed by atoms with van der Waals surface area (Å²) in [6, 6.07) is 39.6. The molecule has 5 aromatic rings.